The first-order valence-corrected chi connectivity index (χ1v) is 7.34. The first-order valence-electron chi connectivity index (χ1n) is 7.34. The fourth-order valence-corrected chi connectivity index (χ4v) is 3.09. The van der Waals surface area contributed by atoms with Gasteiger partial charge in [-0.3, -0.25) is 4.90 Å². The molecule has 0 spiro atoms. The van der Waals surface area contributed by atoms with Crippen LogP contribution in [0.15, 0.2) is 48.5 Å². The number of rotatable bonds is 3. The summed E-state index contributed by atoms with van der Waals surface area (Å²) in [6.07, 6.45) is 1.14. The van der Waals surface area contributed by atoms with Crippen molar-refractivity contribution < 1.29 is 0 Å². The minimum Gasteiger partial charge on any atom is -0.323 e. The van der Waals surface area contributed by atoms with Gasteiger partial charge >= 0.3 is 0 Å². The van der Waals surface area contributed by atoms with E-state index >= 15 is 0 Å². The van der Waals surface area contributed by atoms with Gasteiger partial charge in [-0.05, 0) is 35.6 Å². The Morgan fingerprint density at radius 3 is 2.55 bits per heavy atom. The van der Waals surface area contributed by atoms with Crippen LogP contribution >= 0.6 is 0 Å². The Morgan fingerprint density at radius 2 is 1.75 bits per heavy atom. The van der Waals surface area contributed by atoms with Crippen LogP contribution in [-0.2, 0) is 13.0 Å². The van der Waals surface area contributed by atoms with E-state index in [2.05, 4.69) is 60.4 Å². The van der Waals surface area contributed by atoms with Gasteiger partial charge in [0.25, 0.3) is 0 Å². The Labute approximate surface area is 121 Å². The number of fused-ring (bicyclic) bond motifs is 1. The summed E-state index contributed by atoms with van der Waals surface area (Å²) in [4.78, 5) is 2.47. The van der Waals surface area contributed by atoms with Crippen molar-refractivity contribution in [3.8, 4) is 0 Å². The lowest BCUT2D eigenvalue weighted by Gasteiger charge is -2.31. The van der Waals surface area contributed by atoms with Crippen molar-refractivity contribution in [1.29, 1.82) is 0 Å². The topological polar surface area (TPSA) is 29.3 Å². The Bertz CT molecular complexity index is 591. The van der Waals surface area contributed by atoms with Crippen LogP contribution in [0.5, 0.6) is 0 Å². The second-order valence-corrected chi connectivity index (χ2v) is 5.72. The van der Waals surface area contributed by atoms with Crippen LogP contribution in [0.4, 0.5) is 0 Å². The number of nitrogens with two attached hydrogens (primary N) is 1. The van der Waals surface area contributed by atoms with Crippen molar-refractivity contribution in [3.63, 3.8) is 0 Å². The second-order valence-electron chi connectivity index (χ2n) is 5.72. The third kappa shape index (κ3) is 2.77. The Hall–Kier alpha value is -1.64. The van der Waals surface area contributed by atoms with Crippen LogP contribution in [0.25, 0.3) is 0 Å². The number of benzene rings is 2. The van der Waals surface area contributed by atoms with Crippen LogP contribution < -0.4 is 5.73 Å². The molecule has 0 radical (unpaired) electrons. The zero-order valence-corrected chi connectivity index (χ0v) is 12.0. The van der Waals surface area contributed by atoms with Gasteiger partial charge in [0, 0.05) is 25.7 Å². The van der Waals surface area contributed by atoms with E-state index in [4.69, 9.17) is 5.73 Å². The van der Waals surface area contributed by atoms with Crippen LogP contribution in [0.3, 0.4) is 0 Å². The molecule has 2 aromatic rings. The minimum absolute atomic E-state index is 0.0986. The number of hydrogen-bond acceptors (Lipinski definition) is 2. The van der Waals surface area contributed by atoms with Gasteiger partial charge in [-0.15, -0.1) is 0 Å². The van der Waals surface area contributed by atoms with Gasteiger partial charge in [0.2, 0.25) is 0 Å². The van der Waals surface area contributed by atoms with Crippen LogP contribution in [0.2, 0.25) is 0 Å². The van der Waals surface area contributed by atoms with E-state index in [1.54, 1.807) is 0 Å². The Kier molecular flexibility index (Phi) is 3.86. The number of hydrogen-bond donors (Lipinski definition) is 1. The highest BCUT2D eigenvalue weighted by atomic mass is 15.1. The van der Waals surface area contributed by atoms with Gasteiger partial charge in [-0.25, -0.2) is 0 Å². The predicted octanol–water partition coefficient (Wildman–Crippen LogP) is 3.05. The molecule has 104 valence electrons. The minimum atomic E-state index is 0.0986. The third-order valence-corrected chi connectivity index (χ3v) is 4.25. The lowest BCUT2D eigenvalue weighted by molar-refractivity contribution is 0.239. The lowest BCUT2D eigenvalue weighted by Crippen LogP contribution is -2.36. The first-order chi connectivity index (χ1) is 9.74. The average molecular weight is 266 g/mol. The smallest absolute Gasteiger partial charge is 0.0427 e. The monoisotopic (exact) mass is 266 g/mol. The van der Waals surface area contributed by atoms with Crippen LogP contribution in [-0.4, -0.2) is 18.0 Å². The maximum atomic E-state index is 6.40. The van der Waals surface area contributed by atoms with E-state index < -0.39 is 0 Å². The van der Waals surface area contributed by atoms with Gasteiger partial charge in [-0.2, -0.15) is 0 Å². The summed E-state index contributed by atoms with van der Waals surface area (Å²) in [7, 11) is 0. The standard InChI is InChI=1S/C18H22N2/c1-14-6-2-5-9-17(14)18(19)13-20-11-10-15-7-3-4-8-16(15)12-20/h2-9,18H,10-13,19H2,1H3. The molecule has 1 aliphatic heterocycles. The summed E-state index contributed by atoms with van der Waals surface area (Å²) in [5.74, 6) is 0. The maximum Gasteiger partial charge on any atom is 0.0427 e. The summed E-state index contributed by atoms with van der Waals surface area (Å²) in [6.45, 7) is 5.20. The zero-order valence-electron chi connectivity index (χ0n) is 12.0. The number of nitrogens with zero attached hydrogens (tertiary/aromatic N) is 1. The second kappa shape index (κ2) is 5.78. The van der Waals surface area contributed by atoms with Gasteiger partial charge in [-0.1, -0.05) is 48.5 Å². The third-order valence-electron chi connectivity index (χ3n) is 4.25. The van der Waals surface area contributed by atoms with E-state index in [1.807, 2.05) is 0 Å². The van der Waals surface area contributed by atoms with Crippen molar-refractivity contribution in [2.45, 2.75) is 25.9 Å². The molecular formula is C18H22N2. The summed E-state index contributed by atoms with van der Waals surface area (Å²) < 4.78 is 0. The van der Waals surface area contributed by atoms with E-state index in [1.165, 1.54) is 22.3 Å². The highest BCUT2D eigenvalue weighted by molar-refractivity contribution is 5.30. The molecule has 2 heteroatoms. The fraction of sp³-hybridized carbons (Fsp3) is 0.333. The van der Waals surface area contributed by atoms with Gasteiger partial charge in [0.1, 0.15) is 0 Å². The van der Waals surface area contributed by atoms with E-state index in [0.29, 0.717) is 0 Å². The van der Waals surface area contributed by atoms with Gasteiger partial charge < -0.3 is 5.73 Å². The van der Waals surface area contributed by atoms with Crippen molar-refractivity contribution in [2.75, 3.05) is 13.1 Å². The molecule has 0 saturated carbocycles. The Balaban J connectivity index is 1.69. The quantitative estimate of drug-likeness (QED) is 0.925. The molecule has 1 unspecified atom stereocenters. The molecule has 20 heavy (non-hydrogen) atoms. The van der Waals surface area contributed by atoms with Crippen molar-refractivity contribution in [1.82, 2.24) is 4.90 Å². The molecule has 0 fully saturated rings. The van der Waals surface area contributed by atoms with Crippen molar-refractivity contribution in [2.24, 2.45) is 5.73 Å². The highest BCUT2D eigenvalue weighted by Gasteiger charge is 2.19. The van der Waals surface area contributed by atoms with Crippen LogP contribution in [0, 0.1) is 6.92 Å². The normalized spacial score (nSPS) is 16.7. The Morgan fingerprint density at radius 1 is 1.05 bits per heavy atom. The number of aryl methyl sites for hydroxylation is 1. The lowest BCUT2D eigenvalue weighted by atomic mass is 9.97. The summed E-state index contributed by atoms with van der Waals surface area (Å²) in [6, 6.07) is 17.3. The zero-order chi connectivity index (χ0) is 13.9. The molecule has 2 N–H and O–H groups in total. The molecule has 3 rings (SSSR count). The molecule has 0 saturated heterocycles. The SMILES string of the molecule is Cc1ccccc1C(N)CN1CCc2ccccc2C1. The molecule has 0 aromatic heterocycles. The summed E-state index contributed by atoms with van der Waals surface area (Å²) >= 11 is 0. The van der Waals surface area contributed by atoms with Gasteiger partial charge in [0.15, 0.2) is 0 Å². The predicted molar refractivity (Wildman–Crippen MR) is 83.5 cm³/mol. The van der Waals surface area contributed by atoms with Crippen molar-refractivity contribution in [3.05, 3.63) is 70.8 Å². The molecule has 1 atom stereocenters. The molecule has 2 aromatic carbocycles. The highest BCUT2D eigenvalue weighted by Crippen LogP contribution is 2.22. The molecule has 1 heterocycles. The van der Waals surface area contributed by atoms with E-state index in [-0.39, 0.29) is 6.04 Å². The average Bonchev–Trinajstić information content (AvgIpc) is 2.47. The molecule has 0 bridgehead atoms. The molecular weight excluding hydrogens is 244 g/mol. The fourth-order valence-electron chi connectivity index (χ4n) is 3.09. The maximum absolute atomic E-state index is 6.40. The largest absolute Gasteiger partial charge is 0.323 e. The molecule has 2 nitrogen and oxygen atoms in total. The van der Waals surface area contributed by atoms with E-state index in [0.717, 1.165) is 26.1 Å². The van der Waals surface area contributed by atoms with Crippen molar-refractivity contribution >= 4 is 0 Å². The first kappa shape index (κ1) is 13.3. The molecule has 1 aliphatic rings. The van der Waals surface area contributed by atoms with Gasteiger partial charge in [0.05, 0.1) is 0 Å². The summed E-state index contributed by atoms with van der Waals surface area (Å²) in [5, 5.41) is 0. The molecule has 0 amide bonds. The summed E-state index contributed by atoms with van der Waals surface area (Å²) in [5.41, 5.74) is 11.9. The molecule has 0 aliphatic carbocycles. The van der Waals surface area contributed by atoms with Crippen LogP contribution in [0.1, 0.15) is 28.3 Å². The van der Waals surface area contributed by atoms with E-state index in [9.17, 15) is 0 Å².